The van der Waals surface area contributed by atoms with E-state index in [9.17, 15) is 14.9 Å². The van der Waals surface area contributed by atoms with Crippen molar-refractivity contribution in [2.45, 2.75) is 0 Å². The summed E-state index contributed by atoms with van der Waals surface area (Å²) in [5.74, 6) is -0.165. The molecule has 24 heavy (non-hydrogen) atoms. The highest BCUT2D eigenvalue weighted by molar-refractivity contribution is 6.05. The van der Waals surface area contributed by atoms with Crippen LogP contribution in [0.5, 0.6) is 0 Å². The number of ketones is 1. The van der Waals surface area contributed by atoms with Gasteiger partial charge < -0.3 is 4.57 Å². The number of hydrogen-bond acceptors (Lipinski definition) is 4. The Morgan fingerprint density at radius 2 is 2.08 bits per heavy atom. The van der Waals surface area contributed by atoms with E-state index in [1.165, 1.54) is 22.9 Å². The van der Waals surface area contributed by atoms with Crippen molar-refractivity contribution in [2.24, 2.45) is 7.05 Å². The van der Waals surface area contributed by atoms with Gasteiger partial charge in [-0.2, -0.15) is 5.10 Å². The van der Waals surface area contributed by atoms with Crippen LogP contribution in [0, 0.1) is 10.1 Å². The van der Waals surface area contributed by atoms with Crippen molar-refractivity contribution in [3.05, 3.63) is 82.4 Å². The molecule has 0 aliphatic rings. The first-order valence-electron chi connectivity index (χ1n) is 7.19. The summed E-state index contributed by atoms with van der Waals surface area (Å²) < 4.78 is 3.28. The summed E-state index contributed by atoms with van der Waals surface area (Å²) in [5, 5.41) is 14.9. The van der Waals surface area contributed by atoms with Gasteiger partial charge in [0.15, 0.2) is 0 Å². The molecule has 1 aromatic carbocycles. The number of carbonyl (C=O) groups is 1. The van der Waals surface area contributed by atoms with E-state index in [4.69, 9.17) is 0 Å². The normalized spacial score (nSPS) is 11.0. The lowest BCUT2D eigenvalue weighted by Crippen LogP contribution is -2.04. The van der Waals surface area contributed by atoms with Crippen LogP contribution in [0.15, 0.2) is 60.9 Å². The first-order valence-corrected chi connectivity index (χ1v) is 7.19. The van der Waals surface area contributed by atoms with Crippen molar-refractivity contribution in [3.63, 3.8) is 0 Å². The third-order valence-corrected chi connectivity index (χ3v) is 3.58. The van der Waals surface area contributed by atoms with Crippen LogP contribution in [-0.2, 0) is 7.05 Å². The summed E-state index contributed by atoms with van der Waals surface area (Å²) in [4.78, 5) is 22.6. The van der Waals surface area contributed by atoms with Gasteiger partial charge in [0.2, 0.25) is 5.78 Å². The van der Waals surface area contributed by atoms with Crippen molar-refractivity contribution < 1.29 is 9.72 Å². The molecule has 2 heterocycles. The van der Waals surface area contributed by atoms with Gasteiger partial charge in [-0.15, -0.1) is 0 Å². The van der Waals surface area contributed by atoms with Crippen LogP contribution in [0.25, 0.3) is 11.8 Å². The molecule has 0 saturated heterocycles. The Kier molecular flexibility index (Phi) is 4.07. The number of rotatable bonds is 5. The van der Waals surface area contributed by atoms with Crippen molar-refractivity contribution in [3.8, 4) is 5.69 Å². The molecule has 3 rings (SSSR count). The van der Waals surface area contributed by atoms with Gasteiger partial charge in [0.05, 0.1) is 10.6 Å². The summed E-state index contributed by atoms with van der Waals surface area (Å²) >= 11 is 0. The van der Waals surface area contributed by atoms with Crippen LogP contribution < -0.4 is 0 Å². The maximum Gasteiger partial charge on any atom is 0.271 e. The number of aryl methyl sites for hydroxylation is 1. The van der Waals surface area contributed by atoms with Gasteiger partial charge in [-0.3, -0.25) is 19.6 Å². The van der Waals surface area contributed by atoms with Gasteiger partial charge in [0, 0.05) is 37.3 Å². The molecule has 7 nitrogen and oxygen atoms in total. The number of benzene rings is 1. The Bertz CT molecular complexity index is 937. The molecule has 0 atom stereocenters. The van der Waals surface area contributed by atoms with E-state index in [0.29, 0.717) is 11.4 Å². The summed E-state index contributed by atoms with van der Waals surface area (Å²) in [5.41, 5.74) is 1.90. The van der Waals surface area contributed by atoms with E-state index in [0.717, 1.165) is 5.69 Å². The molecule has 0 unspecified atom stereocenters. The van der Waals surface area contributed by atoms with Crippen LogP contribution in [-0.4, -0.2) is 25.1 Å². The fourth-order valence-electron chi connectivity index (χ4n) is 2.38. The minimum absolute atomic E-state index is 0.0158. The second-order valence-electron chi connectivity index (χ2n) is 5.12. The average molecular weight is 322 g/mol. The van der Waals surface area contributed by atoms with E-state index in [1.54, 1.807) is 48.3 Å². The second-order valence-corrected chi connectivity index (χ2v) is 5.12. The number of non-ortho nitro benzene ring substituents is 1. The van der Waals surface area contributed by atoms with Gasteiger partial charge >= 0.3 is 0 Å². The summed E-state index contributed by atoms with van der Waals surface area (Å²) in [6, 6.07) is 11.6. The van der Waals surface area contributed by atoms with Gasteiger partial charge in [-0.05, 0) is 36.4 Å². The molecule has 2 aromatic heterocycles. The van der Waals surface area contributed by atoms with Crippen molar-refractivity contribution in [1.29, 1.82) is 0 Å². The van der Waals surface area contributed by atoms with Crippen LogP contribution in [0.1, 0.15) is 16.2 Å². The Morgan fingerprint density at radius 3 is 2.79 bits per heavy atom. The fraction of sp³-hybridized carbons (Fsp3) is 0.0588. The minimum Gasteiger partial charge on any atom is -0.317 e. The molecule has 0 radical (unpaired) electrons. The predicted octanol–water partition coefficient (Wildman–Crippen LogP) is 3.02. The van der Waals surface area contributed by atoms with Crippen molar-refractivity contribution in [1.82, 2.24) is 14.3 Å². The van der Waals surface area contributed by atoms with Gasteiger partial charge in [0.1, 0.15) is 5.69 Å². The Morgan fingerprint density at radius 1 is 1.25 bits per heavy atom. The Balaban J connectivity index is 1.90. The number of nitro benzene ring substituents is 1. The van der Waals surface area contributed by atoms with E-state index < -0.39 is 4.92 Å². The molecule has 0 aliphatic carbocycles. The summed E-state index contributed by atoms with van der Waals surface area (Å²) in [7, 11) is 1.70. The molecule has 3 aromatic rings. The number of allylic oxidation sites excluding steroid dienone is 1. The SMILES string of the molecule is Cn1nccc1C(=O)/C=C/c1cccn1-c1cccc([N+](=O)[O-])c1. The molecule has 0 fully saturated rings. The Hall–Kier alpha value is -3.48. The number of aromatic nitrogens is 3. The number of nitro groups is 1. The van der Waals surface area contributed by atoms with Crippen molar-refractivity contribution in [2.75, 3.05) is 0 Å². The van der Waals surface area contributed by atoms with Gasteiger partial charge in [-0.25, -0.2) is 0 Å². The van der Waals surface area contributed by atoms with E-state index in [-0.39, 0.29) is 11.5 Å². The third-order valence-electron chi connectivity index (χ3n) is 3.58. The second kappa shape index (κ2) is 6.33. The monoisotopic (exact) mass is 322 g/mol. The van der Waals surface area contributed by atoms with Crippen LogP contribution in [0.2, 0.25) is 0 Å². The van der Waals surface area contributed by atoms with E-state index in [2.05, 4.69) is 5.10 Å². The third kappa shape index (κ3) is 3.00. The predicted molar refractivity (Wildman–Crippen MR) is 89.0 cm³/mol. The zero-order valence-corrected chi connectivity index (χ0v) is 12.9. The Labute approximate surface area is 137 Å². The van der Waals surface area contributed by atoms with Crippen LogP contribution in [0.4, 0.5) is 5.69 Å². The van der Waals surface area contributed by atoms with Gasteiger partial charge in [0.25, 0.3) is 5.69 Å². The molecule has 0 aliphatic heterocycles. The van der Waals surface area contributed by atoms with E-state index in [1.807, 2.05) is 12.1 Å². The van der Waals surface area contributed by atoms with Crippen LogP contribution >= 0.6 is 0 Å². The number of hydrogen-bond donors (Lipinski definition) is 0. The number of carbonyl (C=O) groups excluding carboxylic acids is 1. The highest BCUT2D eigenvalue weighted by Crippen LogP contribution is 2.19. The molecule has 0 N–H and O–H groups in total. The number of nitrogens with zero attached hydrogens (tertiary/aromatic N) is 4. The highest BCUT2D eigenvalue weighted by atomic mass is 16.6. The average Bonchev–Trinajstić information content (AvgIpc) is 3.21. The zero-order chi connectivity index (χ0) is 17.1. The molecule has 7 heteroatoms. The summed E-state index contributed by atoms with van der Waals surface area (Å²) in [6.45, 7) is 0. The van der Waals surface area contributed by atoms with Gasteiger partial charge in [-0.1, -0.05) is 6.07 Å². The maximum absolute atomic E-state index is 12.2. The quantitative estimate of drug-likeness (QED) is 0.313. The lowest BCUT2D eigenvalue weighted by Gasteiger charge is -2.06. The largest absolute Gasteiger partial charge is 0.317 e. The topological polar surface area (TPSA) is 83.0 Å². The lowest BCUT2D eigenvalue weighted by molar-refractivity contribution is -0.384. The summed E-state index contributed by atoms with van der Waals surface area (Å²) in [6.07, 6.45) is 6.48. The molecule has 0 spiro atoms. The lowest BCUT2D eigenvalue weighted by atomic mass is 10.2. The van der Waals surface area contributed by atoms with Crippen LogP contribution in [0.3, 0.4) is 0 Å². The first-order chi connectivity index (χ1) is 11.6. The molecule has 120 valence electrons. The minimum atomic E-state index is -0.436. The molecular formula is C17H14N4O3. The molecular weight excluding hydrogens is 308 g/mol. The van der Waals surface area contributed by atoms with Crippen molar-refractivity contribution >= 4 is 17.5 Å². The smallest absolute Gasteiger partial charge is 0.271 e. The first kappa shape index (κ1) is 15.4. The highest BCUT2D eigenvalue weighted by Gasteiger charge is 2.09. The molecule has 0 bridgehead atoms. The van der Waals surface area contributed by atoms with E-state index >= 15 is 0 Å². The standard InChI is InChI=1S/C17H14N4O3/c1-19-16(9-10-18-19)17(22)8-7-13-6-3-11-20(13)14-4-2-5-15(12-14)21(23)24/h2-12H,1H3/b8-7+. The maximum atomic E-state index is 12.2. The fourth-order valence-corrected chi connectivity index (χ4v) is 2.38. The zero-order valence-electron chi connectivity index (χ0n) is 12.9. The molecule has 0 amide bonds. The molecule has 0 saturated carbocycles.